The fourth-order valence-electron chi connectivity index (χ4n) is 4.25. The fraction of sp³-hybridized carbons (Fsp3) is 0.500. The summed E-state index contributed by atoms with van der Waals surface area (Å²) in [6, 6.07) is 16.7. The van der Waals surface area contributed by atoms with Gasteiger partial charge in [0.15, 0.2) is 17.5 Å². The van der Waals surface area contributed by atoms with Gasteiger partial charge in [-0.3, -0.25) is 0 Å². The maximum Gasteiger partial charge on any atom is 0.188 e. The smallest absolute Gasteiger partial charge is 0.188 e. The van der Waals surface area contributed by atoms with Crippen molar-refractivity contribution in [3.63, 3.8) is 0 Å². The average Bonchev–Trinajstić information content (AvgIpc) is 2.84. The molecule has 1 aliphatic heterocycles. The molecule has 0 spiro atoms. The number of nitrogens with two attached hydrogens (primary N) is 1. The first-order valence-corrected chi connectivity index (χ1v) is 11.7. The van der Waals surface area contributed by atoms with Crippen LogP contribution in [0.3, 0.4) is 0 Å². The first-order chi connectivity index (χ1) is 15.7. The molecular weight excluding hydrogens is 527 g/mol. The molecule has 0 aromatic heterocycles. The van der Waals surface area contributed by atoms with Crippen LogP contribution in [-0.4, -0.2) is 51.3 Å². The number of methoxy groups -OCH3 is 2. The zero-order valence-corrected chi connectivity index (χ0v) is 22.3. The Balaban J connectivity index is 0.00000385. The number of ether oxygens (including phenoxy) is 2. The minimum Gasteiger partial charge on any atom is -0.493 e. The molecule has 3 rings (SSSR count). The molecule has 1 aliphatic rings. The van der Waals surface area contributed by atoms with Crippen molar-refractivity contribution >= 4 is 29.9 Å². The standard InChI is InChI=1S/C26H38N4O2.HI/c1-31-24-11-10-23(19-25(24)32-2)20-29-26(27)28-14-6-7-15-30-16-12-22(13-17-30)18-21-8-4-3-5-9-21;/h3-5,8-11,19,22H,6-7,12-18,20H2,1-2H3,(H3,27,28,29);1H. The molecule has 0 aliphatic carbocycles. The first kappa shape index (κ1) is 27.2. The molecule has 3 N–H and O–H groups in total. The summed E-state index contributed by atoms with van der Waals surface area (Å²) in [5.41, 5.74) is 8.53. The lowest BCUT2D eigenvalue weighted by Gasteiger charge is -2.32. The highest BCUT2D eigenvalue weighted by atomic mass is 127. The number of benzene rings is 2. The Morgan fingerprint density at radius 1 is 1.00 bits per heavy atom. The summed E-state index contributed by atoms with van der Waals surface area (Å²) in [7, 11) is 3.26. The van der Waals surface area contributed by atoms with Gasteiger partial charge in [0.25, 0.3) is 0 Å². The summed E-state index contributed by atoms with van der Waals surface area (Å²) >= 11 is 0. The maximum atomic E-state index is 6.02. The van der Waals surface area contributed by atoms with Crippen LogP contribution in [-0.2, 0) is 13.0 Å². The van der Waals surface area contributed by atoms with Crippen molar-refractivity contribution in [1.82, 2.24) is 10.2 Å². The number of nitrogens with zero attached hydrogens (tertiary/aromatic N) is 2. The Morgan fingerprint density at radius 3 is 2.42 bits per heavy atom. The van der Waals surface area contributed by atoms with Gasteiger partial charge in [-0.05, 0) is 80.9 Å². The zero-order chi connectivity index (χ0) is 22.6. The third kappa shape index (κ3) is 9.41. The molecule has 0 amide bonds. The summed E-state index contributed by atoms with van der Waals surface area (Å²) in [5, 5.41) is 3.23. The minimum absolute atomic E-state index is 0. The van der Waals surface area contributed by atoms with E-state index < -0.39 is 0 Å². The van der Waals surface area contributed by atoms with Gasteiger partial charge in [-0.1, -0.05) is 36.4 Å². The summed E-state index contributed by atoms with van der Waals surface area (Å²) in [4.78, 5) is 7.04. The van der Waals surface area contributed by atoms with E-state index in [2.05, 4.69) is 45.5 Å². The van der Waals surface area contributed by atoms with Crippen molar-refractivity contribution < 1.29 is 9.47 Å². The van der Waals surface area contributed by atoms with Crippen LogP contribution >= 0.6 is 24.0 Å². The number of guanidine groups is 1. The van der Waals surface area contributed by atoms with Gasteiger partial charge in [0.2, 0.25) is 0 Å². The highest BCUT2D eigenvalue weighted by molar-refractivity contribution is 14.0. The van der Waals surface area contributed by atoms with Crippen molar-refractivity contribution in [3.05, 3.63) is 59.7 Å². The van der Waals surface area contributed by atoms with Crippen molar-refractivity contribution in [1.29, 1.82) is 0 Å². The summed E-state index contributed by atoms with van der Waals surface area (Å²) in [6.07, 6.45) is 6.11. The van der Waals surface area contributed by atoms with Crippen LogP contribution in [0.2, 0.25) is 0 Å². The van der Waals surface area contributed by atoms with Crippen LogP contribution in [0.5, 0.6) is 11.5 Å². The molecular formula is C26H39IN4O2. The maximum absolute atomic E-state index is 6.02. The number of hydrogen-bond acceptors (Lipinski definition) is 4. The molecule has 1 fully saturated rings. The molecule has 0 unspecified atom stereocenters. The Labute approximate surface area is 216 Å². The Bertz CT molecular complexity index is 839. The predicted octanol–water partition coefficient (Wildman–Crippen LogP) is 4.46. The van der Waals surface area contributed by atoms with Crippen LogP contribution in [0.25, 0.3) is 0 Å². The van der Waals surface area contributed by atoms with Gasteiger partial charge in [-0.25, -0.2) is 4.99 Å². The highest BCUT2D eigenvalue weighted by Gasteiger charge is 2.18. The molecule has 6 nitrogen and oxygen atoms in total. The van der Waals surface area contributed by atoms with Gasteiger partial charge in [0, 0.05) is 6.54 Å². The first-order valence-electron chi connectivity index (χ1n) is 11.7. The van der Waals surface area contributed by atoms with Crippen LogP contribution in [0.1, 0.15) is 36.8 Å². The van der Waals surface area contributed by atoms with E-state index in [9.17, 15) is 0 Å². The number of piperidine rings is 1. The monoisotopic (exact) mass is 566 g/mol. The second kappa shape index (κ2) is 15.0. The molecule has 2 aromatic rings. The van der Waals surface area contributed by atoms with E-state index in [1.54, 1.807) is 14.2 Å². The summed E-state index contributed by atoms with van der Waals surface area (Å²) in [6.45, 7) is 4.98. The molecule has 1 heterocycles. The lowest BCUT2D eigenvalue weighted by atomic mass is 9.90. The highest BCUT2D eigenvalue weighted by Crippen LogP contribution is 2.27. The van der Waals surface area contributed by atoms with Gasteiger partial charge >= 0.3 is 0 Å². The number of hydrogen-bond donors (Lipinski definition) is 2. The molecule has 182 valence electrons. The van der Waals surface area contributed by atoms with Gasteiger partial charge in [0.1, 0.15) is 0 Å². The van der Waals surface area contributed by atoms with Gasteiger partial charge < -0.3 is 25.4 Å². The number of rotatable bonds is 11. The number of unbranched alkanes of at least 4 members (excludes halogenated alkanes) is 1. The van der Waals surface area contributed by atoms with E-state index in [1.165, 1.54) is 50.9 Å². The van der Waals surface area contributed by atoms with Gasteiger partial charge in [-0.2, -0.15) is 0 Å². The van der Waals surface area contributed by atoms with Crippen molar-refractivity contribution in [2.75, 3.05) is 40.4 Å². The number of aliphatic imine (C=N–C) groups is 1. The lowest BCUT2D eigenvalue weighted by Crippen LogP contribution is -2.36. The topological polar surface area (TPSA) is 72.1 Å². The summed E-state index contributed by atoms with van der Waals surface area (Å²) in [5.74, 6) is 2.74. The Morgan fingerprint density at radius 2 is 1.73 bits per heavy atom. The SMILES string of the molecule is COc1ccc(CN=C(N)NCCCCN2CCC(Cc3ccccc3)CC2)cc1OC.I. The second-order valence-electron chi connectivity index (χ2n) is 8.50. The minimum atomic E-state index is 0. The molecule has 7 heteroatoms. The number of likely N-dealkylation sites (tertiary alicyclic amines) is 1. The lowest BCUT2D eigenvalue weighted by molar-refractivity contribution is 0.181. The predicted molar refractivity (Wildman–Crippen MR) is 147 cm³/mol. The third-order valence-corrected chi connectivity index (χ3v) is 6.16. The Kier molecular flexibility index (Phi) is 12.4. The van der Waals surface area contributed by atoms with Crippen LogP contribution in [0.15, 0.2) is 53.5 Å². The normalized spacial score (nSPS) is 15.0. The number of halogens is 1. The van der Waals surface area contributed by atoms with Gasteiger partial charge in [0.05, 0.1) is 20.8 Å². The van der Waals surface area contributed by atoms with Crippen LogP contribution < -0.4 is 20.5 Å². The molecule has 0 radical (unpaired) electrons. The number of nitrogens with one attached hydrogen (secondary N) is 1. The van der Waals surface area contributed by atoms with E-state index in [0.29, 0.717) is 24.0 Å². The average molecular weight is 567 g/mol. The fourth-order valence-corrected chi connectivity index (χ4v) is 4.25. The van der Waals surface area contributed by atoms with Crippen LogP contribution in [0.4, 0.5) is 0 Å². The molecule has 0 saturated carbocycles. The van der Waals surface area contributed by atoms with E-state index in [0.717, 1.165) is 24.4 Å². The van der Waals surface area contributed by atoms with E-state index in [4.69, 9.17) is 15.2 Å². The summed E-state index contributed by atoms with van der Waals surface area (Å²) < 4.78 is 10.6. The molecule has 33 heavy (non-hydrogen) atoms. The van der Waals surface area contributed by atoms with Gasteiger partial charge in [-0.15, -0.1) is 24.0 Å². The molecule has 0 atom stereocenters. The van der Waals surface area contributed by atoms with E-state index >= 15 is 0 Å². The van der Waals surface area contributed by atoms with E-state index in [-0.39, 0.29) is 24.0 Å². The largest absolute Gasteiger partial charge is 0.493 e. The van der Waals surface area contributed by atoms with Crippen molar-refractivity contribution in [2.24, 2.45) is 16.6 Å². The van der Waals surface area contributed by atoms with Crippen molar-refractivity contribution in [3.8, 4) is 11.5 Å². The van der Waals surface area contributed by atoms with Crippen molar-refractivity contribution in [2.45, 2.75) is 38.6 Å². The zero-order valence-electron chi connectivity index (χ0n) is 20.0. The van der Waals surface area contributed by atoms with E-state index in [1.807, 2.05) is 18.2 Å². The molecule has 2 aromatic carbocycles. The molecule has 1 saturated heterocycles. The van der Waals surface area contributed by atoms with Crippen LogP contribution in [0, 0.1) is 5.92 Å². The quantitative estimate of drug-likeness (QED) is 0.182. The third-order valence-electron chi connectivity index (χ3n) is 6.16. The molecule has 0 bridgehead atoms. The Hall–Kier alpha value is -2.00. The second-order valence-corrected chi connectivity index (χ2v) is 8.50.